The zero-order valence-electron chi connectivity index (χ0n) is 10.3. The molecule has 2 atom stereocenters. The van der Waals surface area contributed by atoms with Crippen LogP contribution in [-0.4, -0.2) is 15.3 Å². The molecule has 96 valence electrons. The summed E-state index contributed by atoms with van der Waals surface area (Å²) >= 11 is 0. The summed E-state index contributed by atoms with van der Waals surface area (Å²) in [5.41, 5.74) is 1.70. The van der Waals surface area contributed by atoms with Crippen molar-refractivity contribution in [3.8, 4) is 5.75 Å². The molecule has 0 bridgehead atoms. The lowest BCUT2D eigenvalue weighted by Gasteiger charge is -2.20. The molecule has 0 aliphatic rings. The van der Waals surface area contributed by atoms with E-state index in [-0.39, 0.29) is 17.8 Å². The molecule has 0 spiro atoms. The minimum Gasteiger partial charge on any atom is -0.508 e. The maximum Gasteiger partial charge on any atom is 0.126 e. The van der Waals surface area contributed by atoms with Crippen LogP contribution in [0.15, 0.2) is 30.6 Å². The number of phenolic OH excluding ortho intramolecular Hbond substituents is 1. The molecular formula is C13H16FN3O. The van der Waals surface area contributed by atoms with Crippen LogP contribution in [0.3, 0.4) is 0 Å². The molecule has 4 nitrogen and oxygen atoms in total. The van der Waals surface area contributed by atoms with Crippen LogP contribution >= 0.6 is 0 Å². The third-order valence-corrected chi connectivity index (χ3v) is 2.98. The number of aromatic amines is 1. The molecule has 2 aromatic rings. The van der Waals surface area contributed by atoms with Gasteiger partial charge in [-0.1, -0.05) is 6.07 Å². The highest BCUT2D eigenvalue weighted by atomic mass is 19.1. The van der Waals surface area contributed by atoms with E-state index in [1.54, 1.807) is 12.3 Å². The first kappa shape index (κ1) is 12.6. The summed E-state index contributed by atoms with van der Waals surface area (Å²) in [6, 6.07) is 4.05. The molecule has 0 saturated carbocycles. The summed E-state index contributed by atoms with van der Waals surface area (Å²) in [5.74, 6) is -0.472. The number of aromatic nitrogens is 2. The van der Waals surface area contributed by atoms with E-state index in [2.05, 4.69) is 15.5 Å². The van der Waals surface area contributed by atoms with Gasteiger partial charge >= 0.3 is 0 Å². The average Bonchev–Trinajstić information content (AvgIpc) is 2.81. The highest BCUT2D eigenvalue weighted by molar-refractivity contribution is 5.35. The first-order valence-electron chi connectivity index (χ1n) is 5.81. The zero-order valence-corrected chi connectivity index (χ0v) is 10.3. The van der Waals surface area contributed by atoms with E-state index in [4.69, 9.17) is 0 Å². The molecule has 0 saturated heterocycles. The van der Waals surface area contributed by atoms with E-state index in [1.165, 1.54) is 6.07 Å². The summed E-state index contributed by atoms with van der Waals surface area (Å²) in [7, 11) is 0. The second-order valence-electron chi connectivity index (χ2n) is 4.34. The molecule has 0 aliphatic heterocycles. The van der Waals surface area contributed by atoms with Gasteiger partial charge in [0.1, 0.15) is 11.6 Å². The van der Waals surface area contributed by atoms with Crippen LogP contribution in [0.25, 0.3) is 0 Å². The summed E-state index contributed by atoms with van der Waals surface area (Å²) < 4.78 is 12.9. The Morgan fingerprint density at radius 2 is 2.11 bits per heavy atom. The highest BCUT2D eigenvalue weighted by Gasteiger charge is 2.15. The predicted molar refractivity (Wildman–Crippen MR) is 66.6 cm³/mol. The average molecular weight is 249 g/mol. The van der Waals surface area contributed by atoms with E-state index < -0.39 is 5.82 Å². The van der Waals surface area contributed by atoms with E-state index in [1.807, 2.05) is 20.0 Å². The van der Waals surface area contributed by atoms with Gasteiger partial charge in [0.2, 0.25) is 0 Å². The van der Waals surface area contributed by atoms with E-state index >= 15 is 0 Å². The van der Waals surface area contributed by atoms with Gasteiger partial charge in [0.15, 0.2) is 0 Å². The third-order valence-electron chi connectivity index (χ3n) is 2.98. The molecule has 0 radical (unpaired) electrons. The first-order chi connectivity index (χ1) is 8.58. The summed E-state index contributed by atoms with van der Waals surface area (Å²) in [6.45, 7) is 3.92. The van der Waals surface area contributed by atoms with Crippen LogP contribution in [-0.2, 0) is 0 Å². The Kier molecular flexibility index (Phi) is 3.62. The molecule has 3 N–H and O–H groups in total. The third kappa shape index (κ3) is 2.68. The SMILES string of the molecule is CC(NC(C)c1ccc(F)cc1O)c1cn[nH]c1. The summed E-state index contributed by atoms with van der Waals surface area (Å²) in [6.07, 6.45) is 3.56. The Balaban J connectivity index is 2.10. The van der Waals surface area contributed by atoms with Gasteiger partial charge < -0.3 is 10.4 Å². The lowest BCUT2D eigenvalue weighted by molar-refractivity contribution is 0.434. The van der Waals surface area contributed by atoms with E-state index in [0.29, 0.717) is 5.56 Å². The van der Waals surface area contributed by atoms with Crippen LogP contribution in [0, 0.1) is 5.82 Å². The van der Waals surface area contributed by atoms with Crippen LogP contribution in [0.5, 0.6) is 5.75 Å². The maximum absolute atomic E-state index is 12.9. The number of halogens is 1. The molecule has 1 aromatic carbocycles. The fraction of sp³-hybridized carbons (Fsp3) is 0.308. The number of nitrogens with one attached hydrogen (secondary N) is 2. The number of hydrogen-bond donors (Lipinski definition) is 3. The lowest BCUT2D eigenvalue weighted by Crippen LogP contribution is -2.22. The van der Waals surface area contributed by atoms with Gasteiger partial charge in [-0.25, -0.2) is 4.39 Å². The van der Waals surface area contributed by atoms with Crippen molar-refractivity contribution in [1.29, 1.82) is 0 Å². The second-order valence-corrected chi connectivity index (χ2v) is 4.34. The second kappa shape index (κ2) is 5.18. The van der Waals surface area contributed by atoms with Gasteiger partial charge in [-0.2, -0.15) is 5.10 Å². The molecule has 0 amide bonds. The Hall–Kier alpha value is -1.88. The van der Waals surface area contributed by atoms with Gasteiger partial charge in [0.05, 0.1) is 6.20 Å². The number of aromatic hydroxyl groups is 1. The van der Waals surface area contributed by atoms with Crippen LogP contribution in [0.1, 0.15) is 37.1 Å². The van der Waals surface area contributed by atoms with Crippen LogP contribution in [0.2, 0.25) is 0 Å². The fourth-order valence-electron chi connectivity index (χ4n) is 1.94. The van der Waals surface area contributed by atoms with Gasteiger partial charge in [0, 0.05) is 35.5 Å². The maximum atomic E-state index is 12.9. The van der Waals surface area contributed by atoms with Crippen molar-refractivity contribution < 1.29 is 9.50 Å². The number of H-pyrrole nitrogens is 1. The molecular weight excluding hydrogens is 233 g/mol. The topological polar surface area (TPSA) is 60.9 Å². The Morgan fingerprint density at radius 1 is 1.33 bits per heavy atom. The Bertz CT molecular complexity index is 513. The van der Waals surface area contributed by atoms with Crippen molar-refractivity contribution in [2.24, 2.45) is 0 Å². The summed E-state index contributed by atoms with van der Waals surface area (Å²) in [5, 5.41) is 19.7. The Labute approximate surface area is 105 Å². The smallest absolute Gasteiger partial charge is 0.126 e. The molecule has 1 aromatic heterocycles. The van der Waals surface area contributed by atoms with E-state index in [9.17, 15) is 9.50 Å². The normalized spacial score (nSPS) is 14.4. The van der Waals surface area contributed by atoms with Crippen molar-refractivity contribution in [3.05, 3.63) is 47.5 Å². The lowest BCUT2D eigenvalue weighted by atomic mass is 10.0. The standard InChI is InChI=1S/C13H16FN3O/c1-8(10-6-15-16-7-10)17-9(2)12-4-3-11(14)5-13(12)18/h3-9,17-18H,1-2H3,(H,15,16). The molecule has 2 unspecified atom stereocenters. The van der Waals surface area contributed by atoms with E-state index in [0.717, 1.165) is 11.6 Å². The fourth-order valence-corrected chi connectivity index (χ4v) is 1.94. The van der Waals surface area contributed by atoms with Crippen molar-refractivity contribution in [1.82, 2.24) is 15.5 Å². The molecule has 0 aliphatic carbocycles. The van der Waals surface area contributed by atoms with Crippen molar-refractivity contribution in [2.75, 3.05) is 0 Å². The quantitative estimate of drug-likeness (QED) is 0.780. The minimum absolute atomic E-state index is 0.0330. The van der Waals surface area contributed by atoms with Gasteiger partial charge in [0.25, 0.3) is 0 Å². The molecule has 0 fully saturated rings. The molecule has 5 heteroatoms. The molecule has 18 heavy (non-hydrogen) atoms. The molecule has 2 rings (SSSR count). The number of hydrogen-bond acceptors (Lipinski definition) is 3. The van der Waals surface area contributed by atoms with Crippen molar-refractivity contribution >= 4 is 0 Å². The minimum atomic E-state index is -0.439. The number of nitrogens with zero attached hydrogens (tertiary/aromatic N) is 1. The van der Waals surface area contributed by atoms with Crippen LogP contribution in [0.4, 0.5) is 4.39 Å². The van der Waals surface area contributed by atoms with Crippen molar-refractivity contribution in [2.45, 2.75) is 25.9 Å². The number of rotatable bonds is 4. The highest BCUT2D eigenvalue weighted by Crippen LogP contribution is 2.26. The van der Waals surface area contributed by atoms with Gasteiger partial charge in [-0.15, -0.1) is 0 Å². The predicted octanol–water partition coefficient (Wildman–Crippen LogP) is 2.67. The molecule has 1 heterocycles. The van der Waals surface area contributed by atoms with Crippen molar-refractivity contribution in [3.63, 3.8) is 0 Å². The van der Waals surface area contributed by atoms with Gasteiger partial charge in [-0.05, 0) is 19.9 Å². The first-order valence-corrected chi connectivity index (χ1v) is 5.81. The van der Waals surface area contributed by atoms with Gasteiger partial charge in [-0.3, -0.25) is 5.10 Å². The summed E-state index contributed by atoms with van der Waals surface area (Å²) in [4.78, 5) is 0. The number of benzene rings is 1. The monoisotopic (exact) mass is 249 g/mol. The Morgan fingerprint density at radius 3 is 2.72 bits per heavy atom. The number of phenols is 1. The van der Waals surface area contributed by atoms with Crippen LogP contribution < -0.4 is 5.32 Å². The largest absolute Gasteiger partial charge is 0.508 e. The zero-order chi connectivity index (χ0) is 13.1.